The van der Waals surface area contributed by atoms with Crippen LogP contribution in [0.1, 0.15) is 78.6 Å². The van der Waals surface area contributed by atoms with Gasteiger partial charge >= 0.3 is 16.4 Å². The zero-order valence-corrected chi connectivity index (χ0v) is 14.3. The van der Waals surface area contributed by atoms with Crippen LogP contribution in [0.25, 0.3) is 0 Å². The van der Waals surface area contributed by atoms with E-state index in [0.29, 0.717) is 6.42 Å². The topological polar surface area (TPSA) is 80.7 Å². The van der Waals surface area contributed by atoms with E-state index < -0.39 is 22.3 Å². The molecule has 0 aromatic rings. The molecule has 0 bridgehead atoms. The summed E-state index contributed by atoms with van der Waals surface area (Å²) in [5.74, 6) is -1.34. The summed E-state index contributed by atoms with van der Waals surface area (Å²) in [6, 6.07) is 0. The van der Waals surface area contributed by atoms with Gasteiger partial charge in [-0.2, -0.15) is 8.42 Å². The Bertz CT molecular complexity index is 376. The number of carbonyl (C=O) groups excluding carboxylic acids is 1. The first kappa shape index (κ1) is 20.4. The molecule has 0 saturated carbocycles. The van der Waals surface area contributed by atoms with Gasteiger partial charge in [0.2, 0.25) is 0 Å². The van der Waals surface area contributed by atoms with E-state index in [9.17, 15) is 13.2 Å². The molecule has 0 fully saturated rings. The highest BCUT2D eigenvalue weighted by Gasteiger charge is 2.26. The fraction of sp³-hybridized carbons (Fsp3) is 0.933. The fourth-order valence-corrected chi connectivity index (χ4v) is 2.72. The minimum atomic E-state index is -4.70. The molecular weight excluding hydrogens is 292 g/mol. The Hall–Kier alpha value is -0.620. The first-order valence-corrected chi connectivity index (χ1v) is 9.35. The molecule has 0 radical (unpaired) electrons. The lowest BCUT2D eigenvalue weighted by atomic mass is 9.90. The summed E-state index contributed by atoms with van der Waals surface area (Å²) in [6.45, 7) is 5.89. The lowest BCUT2D eigenvalue weighted by Crippen LogP contribution is -2.25. The summed E-state index contributed by atoms with van der Waals surface area (Å²) < 4.78 is 33.8. The van der Waals surface area contributed by atoms with Gasteiger partial charge in [-0.3, -0.25) is 9.35 Å². The normalized spacial score (nSPS) is 13.4. The van der Waals surface area contributed by atoms with E-state index >= 15 is 0 Å². The van der Waals surface area contributed by atoms with Crippen LogP contribution >= 0.6 is 0 Å². The molecule has 5 nitrogen and oxygen atoms in total. The molecule has 1 N–H and O–H groups in total. The van der Waals surface area contributed by atoms with Crippen LogP contribution in [0, 0.1) is 11.8 Å². The Balaban J connectivity index is 3.93. The molecule has 0 aliphatic rings. The van der Waals surface area contributed by atoms with Crippen molar-refractivity contribution in [3.63, 3.8) is 0 Å². The van der Waals surface area contributed by atoms with E-state index in [2.05, 4.69) is 11.1 Å². The summed E-state index contributed by atoms with van der Waals surface area (Å²) in [4.78, 5) is 11.7. The molecule has 0 aromatic heterocycles. The SMILES string of the molecule is CCCCCCCCCCC(C(=O)OS(=O)(=O)O)C(C)C. The van der Waals surface area contributed by atoms with Crippen LogP contribution in [0.5, 0.6) is 0 Å². The van der Waals surface area contributed by atoms with Crippen molar-refractivity contribution in [2.45, 2.75) is 78.6 Å². The fourth-order valence-electron chi connectivity index (χ4n) is 2.39. The molecule has 1 atom stereocenters. The third-order valence-electron chi connectivity index (χ3n) is 3.66. The Kier molecular flexibility index (Phi) is 10.7. The van der Waals surface area contributed by atoms with Gasteiger partial charge in [-0.05, 0) is 12.3 Å². The van der Waals surface area contributed by atoms with E-state index in [-0.39, 0.29) is 5.92 Å². The Morgan fingerprint density at radius 1 is 1.00 bits per heavy atom. The summed E-state index contributed by atoms with van der Waals surface area (Å²) >= 11 is 0. The number of hydrogen-bond acceptors (Lipinski definition) is 4. The molecule has 1 unspecified atom stereocenters. The van der Waals surface area contributed by atoms with E-state index in [4.69, 9.17) is 4.55 Å². The second-order valence-electron chi connectivity index (χ2n) is 5.94. The van der Waals surface area contributed by atoms with Crippen molar-refractivity contribution in [1.29, 1.82) is 0 Å². The van der Waals surface area contributed by atoms with Gasteiger partial charge < -0.3 is 4.18 Å². The number of rotatable bonds is 12. The lowest BCUT2D eigenvalue weighted by molar-refractivity contribution is -0.140. The van der Waals surface area contributed by atoms with Crippen molar-refractivity contribution in [1.82, 2.24) is 0 Å². The van der Waals surface area contributed by atoms with Crippen LogP contribution in [-0.4, -0.2) is 18.9 Å². The molecule has 0 aromatic carbocycles. The van der Waals surface area contributed by atoms with Crippen molar-refractivity contribution < 1.29 is 21.9 Å². The van der Waals surface area contributed by atoms with Gasteiger partial charge in [0, 0.05) is 0 Å². The minimum Gasteiger partial charge on any atom is -0.325 e. The predicted octanol–water partition coefficient (Wildman–Crippen LogP) is 4.14. The molecule has 0 heterocycles. The summed E-state index contributed by atoms with van der Waals surface area (Å²) in [5.41, 5.74) is 0. The van der Waals surface area contributed by atoms with Gasteiger partial charge in [-0.25, -0.2) is 0 Å². The van der Waals surface area contributed by atoms with Gasteiger partial charge in [-0.1, -0.05) is 72.1 Å². The maximum absolute atomic E-state index is 11.7. The molecule has 0 aliphatic carbocycles. The highest BCUT2D eigenvalue weighted by molar-refractivity contribution is 7.81. The predicted molar refractivity (Wildman–Crippen MR) is 83.2 cm³/mol. The largest absolute Gasteiger partial charge is 0.448 e. The van der Waals surface area contributed by atoms with Gasteiger partial charge in [0.05, 0.1) is 5.92 Å². The van der Waals surface area contributed by atoms with E-state index in [1.54, 1.807) is 0 Å². The molecule has 0 rings (SSSR count). The average molecular weight is 322 g/mol. The monoisotopic (exact) mass is 322 g/mol. The molecule has 0 amide bonds. The zero-order valence-electron chi connectivity index (χ0n) is 13.5. The summed E-state index contributed by atoms with van der Waals surface area (Å²) in [7, 11) is -4.70. The molecule has 0 aliphatic heterocycles. The van der Waals surface area contributed by atoms with Gasteiger partial charge in [-0.15, -0.1) is 0 Å². The molecule has 0 spiro atoms. The molecule has 0 saturated heterocycles. The van der Waals surface area contributed by atoms with E-state index in [1.807, 2.05) is 13.8 Å². The smallest absolute Gasteiger partial charge is 0.325 e. The second-order valence-corrected chi connectivity index (χ2v) is 6.97. The van der Waals surface area contributed by atoms with Crippen LogP contribution in [0.2, 0.25) is 0 Å². The molecule has 21 heavy (non-hydrogen) atoms. The standard InChI is InChI=1S/C15H30O5S/c1-4-5-6-7-8-9-10-11-12-14(13(2)3)15(16)20-21(17,18)19/h13-14H,4-12H2,1-3H3,(H,17,18,19). The van der Waals surface area contributed by atoms with Gasteiger partial charge in [0.25, 0.3) is 0 Å². The Morgan fingerprint density at radius 3 is 1.90 bits per heavy atom. The van der Waals surface area contributed by atoms with Crippen molar-refractivity contribution >= 4 is 16.4 Å². The summed E-state index contributed by atoms with van der Waals surface area (Å²) in [5, 5.41) is 0. The van der Waals surface area contributed by atoms with Crippen LogP contribution < -0.4 is 0 Å². The minimum absolute atomic E-state index is 0.0104. The van der Waals surface area contributed by atoms with Crippen molar-refractivity contribution in [2.24, 2.45) is 11.8 Å². The van der Waals surface area contributed by atoms with E-state index in [0.717, 1.165) is 19.3 Å². The van der Waals surface area contributed by atoms with Crippen LogP contribution in [-0.2, 0) is 19.4 Å². The molecule has 126 valence electrons. The highest BCUT2D eigenvalue weighted by atomic mass is 32.3. The number of hydrogen-bond donors (Lipinski definition) is 1. The van der Waals surface area contributed by atoms with Crippen molar-refractivity contribution in [3.05, 3.63) is 0 Å². The summed E-state index contributed by atoms with van der Waals surface area (Å²) in [6.07, 6.45) is 9.93. The van der Waals surface area contributed by atoms with Crippen molar-refractivity contribution in [2.75, 3.05) is 0 Å². The Morgan fingerprint density at radius 2 is 1.48 bits per heavy atom. The number of carbonyl (C=O) groups is 1. The third kappa shape index (κ3) is 11.7. The van der Waals surface area contributed by atoms with Gasteiger partial charge in [0.15, 0.2) is 0 Å². The average Bonchev–Trinajstić information content (AvgIpc) is 2.34. The lowest BCUT2D eigenvalue weighted by Gasteiger charge is -2.17. The Labute approximate surface area is 129 Å². The van der Waals surface area contributed by atoms with E-state index in [1.165, 1.54) is 32.1 Å². The van der Waals surface area contributed by atoms with Crippen LogP contribution in [0.3, 0.4) is 0 Å². The third-order valence-corrected chi connectivity index (χ3v) is 4.04. The van der Waals surface area contributed by atoms with Crippen molar-refractivity contribution in [3.8, 4) is 0 Å². The first-order valence-electron chi connectivity index (χ1n) is 7.98. The maximum Gasteiger partial charge on any atom is 0.448 e. The van der Waals surface area contributed by atoms with Crippen LogP contribution in [0.15, 0.2) is 0 Å². The number of unbranched alkanes of at least 4 members (excludes halogenated alkanes) is 7. The quantitative estimate of drug-likeness (QED) is 0.431. The highest BCUT2D eigenvalue weighted by Crippen LogP contribution is 2.21. The second kappa shape index (κ2) is 11.0. The zero-order chi connectivity index (χ0) is 16.3. The van der Waals surface area contributed by atoms with Gasteiger partial charge in [0.1, 0.15) is 0 Å². The first-order chi connectivity index (χ1) is 9.78. The molecule has 6 heteroatoms. The van der Waals surface area contributed by atoms with Crippen LogP contribution in [0.4, 0.5) is 0 Å². The maximum atomic E-state index is 11.7. The molecular formula is C15H30O5S.